The molecule has 1 amide bonds. The molecule has 1 aromatic carbocycles. The first-order valence-corrected chi connectivity index (χ1v) is 9.72. The summed E-state index contributed by atoms with van der Waals surface area (Å²) in [5.74, 6) is 1.97. The highest BCUT2D eigenvalue weighted by atomic mass is 16.2. The number of hydrogen-bond donors (Lipinski definition) is 0. The van der Waals surface area contributed by atoms with E-state index in [4.69, 9.17) is 0 Å². The van der Waals surface area contributed by atoms with Crippen molar-refractivity contribution in [1.29, 1.82) is 0 Å². The molecule has 0 bridgehead atoms. The van der Waals surface area contributed by atoms with E-state index in [0.717, 1.165) is 17.2 Å². The number of amides is 1. The zero-order valence-electron chi connectivity index (χ0n) is 16.4. The van der Waals surface area contributed by atoms with Crippen molar-refractivity contribution in [3.8, 4) is 22.9 Å². The maximum atomic E-state index is 13.1. The third-order valence-corrected chi connectivity index (χ3v) is 5.14. The zero-order valence-corrected chi connectivity index (χ0v) is 16.4. The number of nitrogens with zero attached hydrogens (tertiary/aromatic N) is 7. The largest absolute Gasteiger partial charge is 0.329 e. The van der Waals surface area contributed by atoms with Crippen LogP contribution in [0.1, 0.15) is 29.1 Å². The third kappa shape index (κ3) is 3.22. The van der Waals surface area contributed by atoms with E-state index < -0.39 is 0 Å². The molecule has 0 saturated heterocycles. The van der Waals surface area contributed by atoms with Gasteiger partial charge in [0.25, 0.3) is 5.91 Å². The standard InChI is InChI=1S/C22H19N7O/c1-15-13-28(14-19-26-27-21(29(15)19)16-7-3-2-4-8-16)22(30)17-11-24-20(25-12-17)18-9-5-6-10-23-18/h2-12,15H,13-14H2,1H3/t15-/m0/s1. The van der Waals surface area contributed by atoms with E-state index in [1.807, 2.05) is 48.5 Å². The molecule has 30 heavy (non-hydrogen) atoms. The lowest BCUT2D eigenvalue weighted by molar-refractivity contribution is 0.0681. The number of fused-ring (bicyclic) bond motifs is 1. The molecule has 1 aliphatic rings. The van der Waals surface area contributed by atoms with Crippen LogP contribution in [0.3, 0.4) is 0 Å². The minimum absolute atomic E-state index is 0.0524. The minimum Gasteiger partial charge on any atom is -0.329 e. The van der Waals surface area contributed by atoms with Gasteiger partial charge in [-0.25, -0.2) is 9.97 Å². The fourth-order valence-corrected chi connectivity index (χ4v) is 3.72. The molecule has 0 unspecified atom stereocenters. The van der Waals surface area contributed by atoms with Gasteiger partial charge in [-0.1, -0.05) is 36.4 Å². The molecule has 3 aromatic heterocycles. The minimum atomic E-state index is -0.120. The first-order chi connectivity index (χ1) is 14.7. The second kappa shape index (κ2) is 7.47. The van der Waals surface area contributed by atoms with E-state index in [9.17, 15) is 4.79 Å². The molecule has 1 aliphatic heterocycles. The summed E-state index contributed by atoms with van der Waals surface area (Å²) >= 11 is 0. The third-order valence-electron chi connectivity index (χ3n) is 5.14. The molecular weight excluding hydrogens is 378 g/mol. The highest BCUT2D eigenvalue weighted by Gasteiger charge is 2.30. The summed E-state index contributed by atoms with van der Waals surface area (Å²) in [5, 5.41) is 8.72. The molecule has 4 aromatic rings. The van der Waals surface area contributed by atoms with Gasteiger partial charge in [0, 0.05) is 30.7 Å². The van der Waals surface area contributed by atoms with Crippen LogP contribution >= 0.6 is 0 Å². The van der Waals surface area contributed by atoms with Gasteiger partial charge in [-0.2, -0.15) is 0 Å². The summed E-state index contributed by atoms with van der Waals surface area (Å²) in [7, 11) is 0. The van der Waals surface area contributed by atoms with Crippen LogP contribution in [0.4, 0.5) is 0 Å². The Bertz CT molecular complexity index is 1170. The Morgan fingerprint density at radius 3 is 2.47 bits per heavy atom. The molecule has 0 aliphatic carbocycles. The summed E-state index contributed by atoms with van der Waals surface area (Å²) < 4.78 is 2.11. The van der Waals surface area contributed by atoms with E-state index in [1.165, 1.54) is 0 Å². The molecule has 0 saturated carbocycles. The van der Waals surface area contributed by atoms with E-state index in [-0.39, 0.29) is 11.9 Å². The summed E-state index contributed by atoms with van der Waals surface area (Å²) in [5.41, 5.74) is 2.13. The Morgan fingerprint density at radius 2 is 1.73 bits per heavy atom. The number of carbonyl (C=O) groups excluding carboxylic acids is 1. The number of hydrogen-bond acceptors (Lipinski definition) is 6. The second-order valence-corrected chi connectivity index (χ2v) is 7.22. The van der Waals surface area contributed by atoms with Crippen LogP contribution in [-0.4, -0.2) is 47.1 Å². The van der Waals surface area contributed by atoms with Gasteiger partial charge >= 0.3 is 0 Å². The number of aromatic nitrogens is 6. The molecule has 0 spiro atoms. The number of rotatable bonds is 3. The molecule has 0 radical (unpaired) electrons. The van der Waals surface area contributed by atoms with Gasteiger partial charge in [-0.15, -0.1) is 10.2 Å². The van der Waals surface area contributed by atoms with Crippen LogP contribution in [0.25, 0.3) is 22.9 Å². The number of benzene rings is 1. The van der Waals surface area contributed by atoms with E-state index in [0.29, 0.717) is 30.2 Å². The lowest BCUT2D eigenvalue weighted by Gasteiger charge is -2.32. The maximum absolute atomic E-state index is 13.1. The predicted molar refractivity (Wildman–Crippen MR) is 110 cm³/mol. The lowest BCUT2D eigenvalue weighted by atomic mass is 10.1. The SMILES string of the molecule is C[C@H]1CN(C(=O)c2cnc(-c3ccccn3)nc2)Cc2nnc(-c3ccccc3)n21. The molecule has 1 atom stereocenters. The average Bonchev–Trinajstić information content (AvgIpc) is 3.25. The highest BCUT2D eigenvalue weighted by molar-refractivity contribution is 5.93. The van der Waals surface area contributed by atoms with Crippen molar-refractivity contribution in [2.75, 3.05) is 6.54 Å². The van der Waals surface area contributed by atoms with Crippen LogP contribution in [0, 0.1) is 0 Å². The van der Waals surface area contributed by atoms with Crippen LogP contribution < -0.4 is 0 Å². The molecule has 4 heterocycles. The van der Waals surface area contributed by atoms with E-state index >= 15 is 0 Å². The molecule has 0 fully saturated rings. The van der Waals surface area contributed by atoms with E-state index in [1.54, 1.807) is 23.5 Å². The van der Waals surface area contributed by atoms with Crippen molar-refractivity contribution in [1.82, 2.24) is 34.6 Å². The highest BCUT2D eigenvalue weighted by Crippen LogP contribution is 2.28. The Morgan fingerprint density at radius 1 is 0.967 bits per heavy atom. The summed E-state index contributed by atoms with van der Waals surface area (Å²) in [6.07, 6.45) is 4.80. The first-order valence-electron chi connectivity index (χ1n) is 9.72. The maximum Gasteiger partial charge on any atom is 0.257 e. The summed E-state index contributed by atoms with van der Waals surface area (Å²) in [4.78, 5) is 27.7. The quantitative estimate of drug-likeness (QED) is 0.528. The fourth-order valence-electron chi connectivity index (χ4n) is 3.72. The molecule has 0 N–H and O–H groups in total. The van der Waals surface area contributed by atoms with Gasteiger partial charge in [0.15, 0.2) is 17.5 Å². The van der Waals surface area contributed by atoms with Crippen molar-refractivity contribution < 1.29 is 4.79 Å². The van der Waals surface area contributed by atoms with Crippen molar-refractivity contribution in [2.24, 2.45) is 0 Å². The summed E-state index contributed by atoms with van der Waals surface area (Å²) in [6, 6.07) is 15.6. The first kappa shape index (κ1) is 18.1. The number of carbonyl (C=O) groups is 1. The Balaban J connectivity index is 1.38. The van der Waals surface area contributed by atoms with Crippen molar-refractivity contribution in [2.45, 2.75) is 19.5 Å². The monoisotopic (exact) mass is 397 g/mol. The Hall–Kier alpha value is -3.94. The predicted octanol–water partition coefficient (Wildman–Crippen LogP) is 3.01. The normalized spacial score (nSPS) is 15.6. The molecule has 8 nitrogen and oxygen atoms in total. The Labute approximate surface area is 173 Å². The van der Waals surface area contributed by atoms with Crippen LogP contribution in [0.15, 0.2) is 67.1 Å². The fraction of sp³-hybridized carbons (Fsp3) is 0.182. The smallest absolute Gasteiger partial charge is 0.257 e. The molecular formula is C22H19N7O. The van der Waals surface area contributed by atoms with Gasteiger partial charge in [0.05, 0.1) is 18.2 Å². The van der Waals surface area contributed by atoms with Gasteiger partial charge in [-0.05, 0) is 19.1 Å². The summed E-state index contributed by atoms with van der Waals surface area (Å²) in [6.45, 7) is 3.02. The molecule has 5 rings (SSSR count). The second-order valence-electron chi connectivity index (χ2n) is 7.22. The van der Waals surface area contributed by atoms with Gasteiger partial charge < -0.3 is 9.47 Å². The van der Waals surface area contributed by atoms with E-state index in [2.05, 4.69) is 36.6 Å². The van der Waals surface area contributed by atoms with Crippen LogP contribution in [0.5, 0.6) is 0 Å². The van der Waals surface area contributed by atoms with Crippen molar-refractivity contribution >= 4 is 5.91 Å². The zero-order chi connectivity index (χ0) is 20.5. The van der Waals surface area contributed by atoms with Crippen molar-refractivity contribution in [3.05, 3.63) is 78.5 Å². The number of pyridine rings is 1. The average molecular weight is 397 g/mol. The van der Waals surface area contributed by atoms with Gasteiger partial charge in [-0.3, -0.25) is 9.78 Å². The Kier molecular flexibility index (Phi) is 4.51. The van der Waals surface area contributed by atoms with Gasteiger partial charge in [0.1, 0.15) is 5.69 Å². The lowest BCUT2D eigenvalue weighted by Crippen LogP contribution is -2.40. The van der Waals surface area contributed by atoms with Gasteiger partial charge in [0.2, 0.25) is 0 Å². The van der Waals surface area contributed by atoms with Crippen LogP contribution in [-0.2, 0) is 6.54 Å². The topological polar surface area (TPSA) is 89.7 Å². The molecule has 8 heteroatoms. The van der Waals surface area contributed by atoms with Crippen molar-refractivity contribution in [3.63, 3.8) is 0 Å². The van der Waals surface area contributed by atoms with Crippen LogP contribution in [0.2, 0.25) is 0 Å². The molecule has 148 valence electrons.